The molecule has 0 saturated carbocycles. The van der Waals surface area contributed by atoms with Crippen LogP contribution in [0.2, 0.25) is 0 Å². The molecule has 1 atom stereocenters. The zero-order valence-corrected chi connectivity index (χ0v) is 15.5. The molecule has 2 N–H and O–H groups in total. The van der Waals surface area contributed by atoms with E-state index >= 15 is 0 Å². The number of benzene rings is 1. The van der Waals surface area contributed by atoms with Gasteiger partial charge in [-0.1, -0.05) is 13.3 Å². The summed E-state index contributed by atoms with van der Waals surface area (Å²) in [4.78, 5) is 6.99. The Morgan fingerprint density at radius 1 is 1.21 bits per heavy atom. The Bertz CT molecular complexity index is 667. The van der Waals surface area contributed by atoms with E-state index in [0.29, 0.717) is 5.75 Å². The molecule has 0 aliphatic rings. The summed E-state index contributed by atoms with van der Waals surface area (Å²) in [6, 6.07) is 3.87. The van der Waals surface area contributed by atoms with Gasteiger partial charge in [-0.15, -0.1) is 0 Å². The highest BCUT2D eigenvalue weighted by molar-refractivity contribution is 5.80. The molecule has 6 nitrogen and oxygen atoms in total. The minimum atomic E-state index is -0.0567. The van der Waals surface area contributed by atoms with Crippen LogP contribution >= 0.6 is 0 Å². The maximum atomic E-state index is 6.39. The van der Waals surface area contributed by atoms with Gasteiger partial charge >= 0.3 is 0 Å². The van der Waals surface area contributed by atoms with Crippen molar-refractivity contribution in [2.45, 2.75) is 38.8 Å². The summed E-state index contributed by atoms with van der Waals surface area (Å²) in [5, 5.41) is 0. The third kappa shape index (κ3) is 3.99. The third-order valence-electron chi connectivity index (χ3n) is 4.20. The van der Waals surface area contributed by atoms with E-state index in [1.165, 1.54) is 0 Å². The Hall–Kier alpha value is -1.79. The molecule has 1 aromatic heterocycles. The molecule has 134 valence electrons. The summed E-state index contributed by atoms with van der Waals surface area (Å²) < 4.78 is 13.1. The monoisotopic (exact) mass is 334 g/mol. The van der Waals surface area contributed by atoms with Crippen LogP contribution in [0.15, 0.2) is 12.1 Å². The first-order valence-electron chi connectivity index (χ1n) is 8.54. The van der Waals surface area contributed by atoms with Crippen molar-refractivity contribution in [3.63, 3.8) is 0 Å². The molecule has 1 aromatic carbocycles. The van der Waals surface area contributed by atoms with Gasteiger partial charge in [0.1, 0.15) is 5.82 Å². The maximum absolute atomic E-state index is 6.39. The zero-order chi connectivity index (χ0) is 17.7. The molecule has 0 radical (unpaired) electrons. The Balaban J connectivity index is 2.48. The minimum Gasteiger partial charge on any atom is -0.493 e. The summed E-state index contributed by atoms with van der Waals surface area (Å²) in [5.74, 6) is 2.36. The van der Waals surface area contributed by atoms with Gasteiger partial charge in [-0.3, -0.25) is 0 Å². The van der Waals surface area contributed by atoms with Crippen molar-refractivity contribution in [3.05, 3.63) is 18.0 Å². The third-order valence-corrected chi connectivity index (χ3v) is 4.20. The number of nitrogens with zero attached hydrogens (tertiary/aromatic N) is 3. The van der Waals surface area contributed by atoms with Crippen LogP contribution in [0.25, 0.3) is 11.0 Å². The molecule has 2 aromatic rings. The molecular weight excluding hydrogens is 304 g/mol. The lowest BCUT2D eigenvalue weighted by Crippen LogP contribution is -2.19. The number of nitrogens with two attached hydrogens (primary N) is 1. The first-order valence-corrected chi connectivity index (χ1v) is 8.54. The molecule has 2 rings (SSSR count). The fourth-order valence-electron chi connectivity index (χ4n) is 2.97. The number of aromatic nitrogens is 2. The average molecular weight is 334 g/mol. The molecule has 0 bridgehead atoms. The Morgan fingerprint density at radius 3 is 2.46 bits per heavy atom. The fourth-order valence-corrected chi connectivity index (χ4v) is 2.97. The summed E-state index contributed by atoms with van der Waals surface area (Å²) >= 11 is 0. The van der Waals surface area contributed by atoms with E-state index in [1.807, 2.05) is 12.1 Å². The number of rotatable bonds is 9. The number of imidazole rings is 1. The summed E-state index contributed by atoms with van der Waals surface area (Å²) in [6.45, 7) is 4.05. The van der Waals surface area contributed by atoms with Crippen LogP contribution in [-0.4, -0.2) is 49.3 Å². The van der Waals surface area contributed by atoms with Gasteiger partial charge in [0.05, 0.1) is 31.3 Å². The molecule has 0 spiro atoms. The van der Waals surface area contributed by atoms with E-state index in [2.05, 4.69) is 30.5 Å². The van der Waals surface area contributed by atoms with Gasteiger partial charge in [0, 0.05) is 18.7 Å². The van der Waals surface area contributed by atoms with Gasteiger partial charge in [-0.2, -0.15) is 0 Å². The largest absolute Gasteiger partial charge is 0.493 e. The van der Waals surface area contributed by atoms with Gasteiger partial charge in [0.2, 0.25) is 0 Å². The predicted octanol–water partition coefficient (Wildman–Crippen LogP) is 2.81. The lowest BCUT2D eigenvalue weighted by atomic mass is 10.1. The van der Waals surface area contributed by atoms with Crippen LogP contribution in [0.5, 0.6) is 11.5 Å². The first kappa shape index (κ1) is 18.5. The smallest absolute Gasteiger partial charge is 0.163 e. The van der Waals surface area contributed by atoms with Crippen molar-refractivity contribution in [2.24, 2.45) is 5.73 Å². The average Bonchev–Trinajstić information content (AvgIpc) is 2.91. The highest BCUT2D eigenvalue weighted by Gasteiger charge is 2.19. The number of ether oxygens (including phenoxy) is 2. The maximum Gasteiger partial charge on any atom is 0.163 e. The fraction of sp³-hybridized carbons (Fsp3) is 0.611. The Labute approximate surface area is 144 Å². The molecule has 1 unspecified atom stereocenters. The van der Waals surface area contributed by atoms with Crippen molar-refractivity contribution in [2.75, 3.05) is 34.9 Å². The van der Waals surface area contributed by atoms with E-state index in [9.17, 15) is 0 Å². The molecule has 24 heavy (non-hydrogen) atoms. The standard InChI is InChI=1S/C18H30N4O2/c1-6-8-13(19)18-20-14-11-16(23-4)17(24-5)12-15(14)22(18)10-7-9-21(2)3/h11-13H,6-10,19H2,1-5H3. The van der Waals surface area contributed by atoms with E-state index in [0.717, 1.165) is 55.0 Å². The van der Waals surface area contributed by atoms with Gasteiger partial charge in [-0.05, 0) is 33.5 Å². The molecule has 0 aliphatic heterocycles. The molecule has 6 heteroatoms. The Kier molecular flexibility index (Phi) is 6.45. The van der Waals surface area contributed by atoms with E-state index in [1.54, 1.807) is 14.2 Å². The number of hydrogen-bond acceptors (Lipinski definition) is 5. The van der Waals surface area contributed by atoms with Crippen molar-refractivity contribution in [1.29, 1.82) is 0 Å². The van der Waals surface area contributed by atoms with Crippen molar-refractivity contribution < 1.29 is 9.47 Å². The predicted molar refractivity (Wildman–Crippen MR) is 97.8 cm³/mol. The second-order valence-electron chi connectivity index (χ2n) is 6.37. The van der Waals surface area contributed by atoms with Crippen LogP contribution in [0.1, 0.15) is 38.1 Å². The van der Waals surface area contributed by atoms with Crippen LogP contribution in [0.4, 0.5) is 0 Å². The van der Waals surface area contributed by atoms with Gasteiger partial charge in [0.25, 0.3) is 0 Å². The second-order valence-corrected chi connectivity index (χ2v) is 6.37. The normalized spacial score (nSPS) is 12.8. The molecule has 0 saturated heterocycles. The summed E-state index contributed by atoms with van der Waals surface area (Å²) in [6.07, 6.45) is 3.00. The zero-order valence-electron chi connectivity index (χ0n) is 15.5. The van der Waals surface area contributed by atoms with Crippen LogP contribution in [0.3, 0.4) is 0 Å². The SMILES string of the molecule is CCCC(N)c1nc2cc(OC)c(OC)cc2n1CCCN(C)C. The Morgan fingerprint density at radius 2 is 1.88 bits per heavy atom. The van der Waals surface area contributed by atoms with E-state index in [4.69, 9.17) is 20.2 Å². The quantitative estimate of drug-likeness (QED) is 0.764. The van der Waals surface area contributed by atoms with Crippen molar-refractivity contribution in [1.82, 2.24) is 14.5 Å². The molecular formula is C18H30N4O2. The highest BCUT2D eigenvalue weighted by atomic mass is 16.5. The number of fused-ring (bicyclic) bond motifs is 1. The lowest BCUT2D eigenvalue weighted by Gasteiger charge is -2.16. The number of aryl methyl sites for hydroxylation is 1. The van der Waals surface area contributed by atoms with Crippen LogP contribution < -0.4 is 15.2 Å². The van der Waals surface area contributed by atoms with Gasteiger partial charge in [0.15, 0.2) is 11.5 Å². The van der Waals surface area contributed by atoms with E-state index < -0.39 is 0 Å². The van der Waals surface area contributed by atoms with Gasteiger partial charge in [-0.25, -0.2) is 4.98 Å². The molecule has 1 heterocycles. The lowest BCUT2D eigenvalue weighted by molar-refractivity contribution is 0.355. The first-order chi connectivity index (χ1) is 11.5. The van der Waals surface area contributed by atoms with E-state index in [-0.39, 0.29) is 6.04 Å². The topological polar surface area (TPSA) is 65.5 Å². The number of hydrogen-bond donors (Lipinski definition) is 1. The van der Waals surface area contributed by atoms with Crippen molar-refractivity contribution >= 4 is 11.0 Å². The van der Waals surface area contributed by atoms with Crippen LogP contribution in [-0.2, 0) is 6.54 Å². The highest BCUT2D eigenvalue weighted by Crippen LogP contribution is 2.33. The summed E-state index contributed by atoms with van der Waals surface area (Å²) in [7, 11) is 7.47. The summed E-state index contributed by atoms with van der Waals surface area (Å²) in [5.41, 5.74) is 8.34. The second kappa shape index (κ2) is 8.35. The minimum absolute atomic E-state index is 0.0567. The molecule has 0 aliphatic carbocycles. The van der Waals surface area contributed by atoms with Crippen molar-refractivity contribution in [3.8, 4) is 11.5 Å². The number of methoxy groups -OCH3 is 2. The van der Waals surface area contributed by atoms with Gasteiger partial charge < -0.3 is 24.7 Å². The van der Waals surface area contributed by atoms with Crippen LogP contribution in [0, 0.1) is 0 Å². The molecule has 0 fully saturated rings. The molecule has 0 amide bonds.